The number of hydrogen-bond donors (Lipinski definition) is 4. The van der Waals surface area contributed by atoms with Gasteiger partial charge in [0.15, 0.2) is 0 Å². The van der Waals surface area contributed by atoms with Gasteiger partial charge in [-0.3, -0.25) is 10.2 Å². The predicted molar refractivity (Wildman–Crippen MR) is 131 cm³/mol. The third-order valence-corrected chi connectivity index (χ3v) is 5.91. The first-order valence-electron chi connectivity index (χ1n) is 11.0. The van der Waals surface area contributed by atoms with E-state index in [1.165, 1.54) is 12.3 Å². The molecule has 10 nitrogen and oxygen atoms in total. The van der Waals surface area contributed by atoms with Gasteiger partial charge in [-0.1, -0.05) is 12.1 Å². The minimum Gasteiger partial charge on any atom is -0.384 e. The van der Waals surface area contributed by atoms with Gasteiger partial charge in [0.05, 0.1) is 23.2 Å². The lowest BCUT2D eigenvalue weighted by molar-refractivity contribution is 0.102. The molecule has 1 amide bonds. The summed E-state index contributed by atoms with van der Waals surface area (Å²) in [6.07, 6.45) is 3.54. The molecule has 0 spiro atoms. The fourth-order valence-electron chi connectivity index (χ4n) is 4.27. The fourth-order valence-corrected chi connectivity index (χ4v) is 4.27. The van der Waals surface area contributed by atoms with Crippen LogP contribution in [0.15, 0.2) is 42.6 Å². The third-order valence-electron chi connectivity index (χ3n) is 5.91. The zero-order valence-corrected chi connectivity index (χ0v) is 19.2. The largest absolute Gasteiger partial charge is 0.384 e. The maximum atomic E-state index is 12.7. The van der Waals surface area contributed by atoms with Crippen LogP contribution in [0.1, 0.15) is 40.4 Å². The molecule has 0 bridgehead atoms. The molecule has 0 aliphatic carbocycles. The number of rotatable bonds is 6. The quantitative estimate of drug-likeness (QED) is 0.328. The zero-order chi connectivity index (χ0) is 24.2. The standard InChI is InChI=1S/C24H27N9O/c1-28-23-20(22(26)27)21(31-33(23)18-4-3-11-32(2)14-18)16-5-7-17(8-6-16)24(34)30-19-12-15(13-25)9-10-29-19/h5-10,12,18,28H,3-4,11,14H2,1-2H3,(H3,26,27)(H,29,30,34). The van der Waals surface area contributed by atoms with Crippen molar-refractivity contribution in [2.75, 3.05) is 37.8 Å². The molecule has 1 aromatic carbocycles. The molecular weight excluding hydrogens is 430 g/mol. The first kappa shape index (κ1) is 22.9. The zero-order valence-electron chi connectivity index (χ0n) is 19.2. The van der Waals surface area contributed by atoms with E-state index in [2.05, 4.69) is 27.6 Å². The van der Waals surface area contributed by atoms with Crippen molar-refractivity contribution in [2.24, 2.45) is 5.73 Å². The molecule has 1 aliphatic heterocycles. The molecule has 3 aromatic rings. The third kappa shape index (κ3) is 4.60. The molecule has 1 atom stereocenters. The summed E-state index contributed by atoms with van der Waals surface area (Å²) in [7, 11) is 3.90. The molecule has 1 saturated heterocycles. The number of likely N-dealkylation sites (tertiary alicyclic amines) is 1. The van der Waals surface area contributed by atoms with Gasteiger partial charge in [-0.15, -0.1) is 0 Å². The van der Waals surface area contributed by atoms with Gasteiger partial charge in [0.2, 0.25) is 0 Å². The molecule has 0 saturated carbocycles. The van der Waals surface area contributed by atoms with Crippen LogP contribution in [0.3, 0.4) is 0 Å². The molecule has 0 radical (unpaired) electrons. The first-order chi connectivity index (χ1) is 16.4. The molecular formula is C24H27N9O. The predicted octanol–water partition coefficient (Wildman–Crippen LogP) is 2.66. The van der Waals surface area contributed by atoms with Gasteiger partial charge in [-0.05, 0) is 50.7 Å². The van der Waals surface area contributed by atoms with Crippen LogP contribution < -0.4 is 16.4 Å². The van der Waals surface area contributed by atoms with E-state index in [-0.39, 0.29) is 17.8 Å². The molecule has 5 N–H and O–H groups in total. The number of hydrogen-bond acceptors (Lipinski definition) is 7. The molecule has 1 aliphatic rings. The van der Waals surface area contributed by atoms with E-state index < -0.39 is 0 Å². The van der Waals surface area contributed by atoms with E-state index in [1.807, 2.05) is 10.8 Å². The summed E-state index contributed by atoms with van der Waals surface area (Å²) >= 11 is 0. The highest BCUT2D eigenvalue weighted by molar-refractivity contribution is 6.06. The van der Waals surface area contributed by atoms with Gasteiger partial charge in [-0.25, -0.2) is 9.67 Å². The van der Waals surface area contributed by atoms with Gasteiger partial charge in [-0.2, -0.15) is 10.4 Å². The normalized spacial score (nSPS) is 16.0. The van der Waals surface area contributed by atoms with E-state index in [1.54, 1.807) is 37.4 Å². The Bertz CT molecular complexity index is 1260. The summed E-state index contributed by atoms with van der Waals surface area (Å²) < 4.78 is 1.94. The Kier molecular flexibility index (Phi) is 6.56. The van der Waals surface area contributed by atoms with Crippen molar-refractivity contribution >= 4 is 23.4 Å². The average Bonchev–Trinajstić information content (AvgIpc) is 3.24. The Balaban J connectivity index is 1.63. The fraction of sp³-hybridized carbons (Fsp3) is 0.292. The smallest absolute Gasteiger partial charge is 0.256 e. The van der Waals surface area contributed by atoms with Crippen LogP contribution in [0.25, 0.3) is 11.3 Å². The number of benzene rings is 1. The Hall–Kier alpha value is -4.23. The minimum atomic E-state index is -0.340. The number of anilines is 2. The highest BCUT2D eigenvalue weighted by Gasteiger charge is 2.27. The van der Waals surface area contributed by atoms with E-state index in [0.29, 0.717) is 34.0 Å². The number of nitrogens with zero attached hydrogens (tertiary/aromatic N) is 5. The molecule has 3 heterocycles. The van der Waals surface area contributed by atoms with Crippen LogP contribution in [0.2, 0.25) is 0 Å². The van der Waals surface area contributed by atoms with Crippen molar-refractivity contribution < 1.29 is 4.79 Å². The number of nitrogens with two attached hydrogens (primary N) is 1. The number of amidine groups is 1. The first-order valence-corrected chi connectivity index (χ1v) is 11.0. The summed E-state index contributed by atoms with van der Waals surface area (Å²) in [6, 6.07) is 12.2. The number of likely N-dealkylation sites (N-methyl/N-ethyl adjacent to an activating group) is 1. The number of pyridine rings is 1. The van der Waals surface area contributed by atoms with Crippen molar-refractivity contribution in [3.05, 3.63) is 59.3 Å². The second-order valence-electron chi connectivity index (χ2n) is 8.31. The van der Waals surface area contributed by atoms with Crippen LogP contribution in [0.4, 0.5) is 11.6 Å². The lowest BCUT2D eigenvalue weighted by atomic mass is 10.0. The van der Waals surface area contributed by atoms with Crippen molar-refractivity contribution in [1.29, 1.82) is 10.7 Å². The number of nitrogens with one attached hydrogen (secondary N) is 3. The van der Waals surface area contributed by atoms with Crippen LogP contribution in [-0.2, 0) is 0 Å². The SMILES string of the molecule is CNc1c(C(=N)N)c(-c2ccc(C(=O)Nc3cc(C#N)ccn3)cc2)nn1C1CCCN(C)C1. The van der Waals surface area contributed by atoms with Gasteiger partial charge in [0, 0.05) is 30.9 Å². The number of carbonyl (C=O) groups excluding carboxylic acids is 1. The number of amides is 1. The molecule has 174 valence electrons. The van der Waals surface area contributed by atoms with Crippen molar-refractivity contribution in [3.63, 3.8) is 0 Å². The highest BCUT2D eigenvalue weighted by Crippen LogP contribution is 2.33. The molecule has 10 heteroatoms. The van der Waals surface area contributed by atoms with Crippen LogP contribution >= 0.6 is 0 Å². The maximum absolute atomic E-state index is 12.7. The topological polar surface area (TPSA) is 149 Å². The van der Waals surface area contributed by atoms with E-state index in [4.69, 9.17) is 21.5 Å². The summed E-state index contributed by atoms with van der Waals surface area (Å²) in [5.41, 5.74) is 8.72. The highest BCUT2D eigenvalue weighted by atomic mass is 16.1. The number of piperidine rings is 1. The summed E-state index contributed by atoms with van der Waals surface area (Å²) in [5.74, 6) is 0.613. The number of carbonyl (C=O) groups is 1. The Morgan fingerprint density at radius 2 is 2.06 bits per heavy atom. The Morgan fingerprint density at radius 1 is 1.29 bits per heavy atom. The second-order valence-corrected chi connectivity index (χ2v) is 8.31. The average molecular weight is 458 g/mol. The van der Waals surface area contributed by atoms with Gasteiger partial charge in [0.1, 0.15) is 23.2 Å². The van der Waals surface area contributed by atoms with Crippen molar-refractivity contribution in [2.45, 2.75) is 18.9 Å². The Labute approximate surface area is 197 Å². The van der Waals surface area contributed by atoms with Crippen LogP contribution in [-0.4, -0.2) is 58.6 Å². The Morgan fingerprint density at radius 3 is 2.71 bits per heavy atom. The lowest BCUT2D eigenvalue weighted by Gasteiger charge is -2.30. The van der Waals surface area contributed by atoms with Crippen LogP contribution in [0, 0.1) is 16.7 Å². The molecule has 1 fully saturated rings. The monoisotopic (exact) mass is 457 g/mol. The molecule has 34 heavy (non-hydrogen) atoms. The maximum Gasteiger partial charge on any atom is 0.256 e. The second kappa shape index (κ2) is 9.72. The van der Waals surface area contributed by atoms with E-state index >= 15 is 0 Å². The van der Waals surface area contributed by atoms with Gasteiger partial charge < -0.3 is 21.3 Å². The van der Waals surface area contributed by atoms with Gasteiger partial charge in [0.25, 0.3) is 5.91 Å². The van der Waals surface area contributed by atoms with E-state index in [0.717, 1.165) is 31.5 Å². The lowest BCUT2D eigenvalue weighted by Crippen LogP contribution is -2.34. The summed E-state index contributed by atoms with van der Waals surface area (Å²) in [6.45, 7) is 1.92. The van der Waals surface area contributed by atoms with E-state index in [9.17, 15) is 4.79 Å². The summed E-state index contributed by atoms with van der Waals surface area (Å²) in [5, 5.41) is 27.9. The van der Waals surface area contributed by atoms with Crippen molar-refractivity contribution in [1.82, 2.24) is 19.7 Å². The summed E-state index contributed by atoms with van der Waals surface area (Å²) in [4.78, 5) is 19.0. The minimum absolute atomic E-state index is 0.0694. The van der Waals surface area contributed by atoms with Crippen LogP contribution in [0.5, 0.6) is 0 Å². The number of nitriles is 1. The van der Waals surface area contributed by atoms with Crippen molar-refractivity contribution in [3.8, 4) is 17.3 Å². The number of nitrogen functional groups attached to an aromatic ring is 1. The molecule has 4 rings (SSSR count). The number of aromatic nitrogens is 3. The molecule has 2 aromatic heterocycles. The molecule has 1 unspecified atom stereocenters. The van der Waals surface area contributed by atoms with Gasteiger partial charge >= 0.3 is 0 Å².